The van der Waals surface area contributed by atoms with Crippen LogP contribution in [0.3, 0.4) is 0 Å². The lowest BCUT2D eigenvalue weighted by atomic mass is 10.0. The molecule has 0 heterocycles. The summed E-state index contributed by atoms with van der Waals surface area (Å²) in [7, 11) is 0. The van der Waals surface area contributed by atoms with E-state index in [9.17, 15) is 24.6 Å². The van der Waals surface area contributed by atoms with Gasteiger partial charge in [0.1, 0.15) is 23.4 Å². The van der Waals surface area contributed by atoms with Gasteiger partial charge in [0.15, 0.2) is 0 Å². The Kier molecular flexibility index (Phi) is 9.63. The van der Waals surface area contributed by atoms with Gasteiger partial charge >= 0.3 is 6.09 Å². The molecule has 9 nitrogen and oxygen atoms in total. The monoisotopic (exact) mass is 497 g/mol. The second kappa shape index (κ2) is 12.2. The van der Waals surface area contributed by atoms with Crippen LogP contribution in [0.1, 0.15) is 43.5 Å². The van der Waals surface area contributed by atoms with Crippen LogP contribution in [0.2, 0.25) is 0 Å². The van der Waals surface area contributed by atoms with Crippen molar-refractivity contribution in [2.24, 2.45) is 0 Å². The first kappa shape index (κ1) is 28.4. The number of amides is 3. The zero-order valence-electron chi connectivity index (χ0n) is 21.4. The second-order valence-electron chi connectivity index (χ2n) is 9.41. The van der Waals surface area contributed by atoms with Gasteiger partial charge < -0.3 is 30.5 Å². The number of nitrogens with zero attached hydrogens (tertiary/aromatic N) is 1. The van der Waals surface area contributed by atoms with Crippen LogP contribution in [0, 0.1) is 13.8 Å². The maximum Gasteiger partial charge on any atom is 0.408 e. The summed E-state index contributed by atoms with van der Waals surface area (Å²) in [5.41, 5.74) is 1.79. The number of phenols is 1. The Hall–Kier alpha value is -3.85. The fourth-order valence-electron chi connectivity index (χ4n) is 3.67. The molecule has 3 amide bonds. The van der Waals surface area contributed by atoms with Crippen LogP contribution in [0.5, 0.6) is 5.75 Å². The molecule has 2 rings (SSSR count). The standard InChI is InChI=1S/C27H35N3O6/c1-7-14-30(25(34)21(16-31)28-26(35)36-27(4,5)6)23(19-12-9-13-20(32)15-19)24(33)29-22-17(2)10-8-11-18(22)3/h7-13,15,21,23,31-32H,1,14,16H2,2-6H3,(H,28,35)(H,29,33). The van der Waals surface area contributed by atoms with Crippen molar-refractivity contribution in [1.82, 2.24) is 10.2 Å². The molecule has 2 aromatic rings. The van der Waals surface area contributed by atoms with E-state index in [2.05, 4.69) is 17.2 Å². The summed E-state index contributed by atoms with van der Waals surface area (Å²) in [5.74, 6) is -1.36. The average molecular weight is 498 g/mol. The Morgan fingerprint density at radius 1 is 1.11 bits per heavy atom. The Bertz CT molecular complexity index is 1090. The smallest absolute Gasteiger partial charge is 0.408 e. The molecule has 2 aromatic carbocycles. The van der Waals surface area contributed by atoms with Crippen molar-refractivity contribution in [3.8, 4) is 5.75 Å². The number of anilines is 1. The number of aromatic hydroxyl groups is 1. The van der Waals surface area contributed by atoms with Crippen LogP contribution < -0.4 is 10.6 Å². The molecule has 0 aliphatic heterocycles. The minimum atomic E-state index is -1.38. The van der Waals surface area contributed by atoms with Crippen molar-refractivity contribution in [3.05, 3.63) is 71.8 Å². The zero-order chi connectivity index (χ0) is 27.0. The van der Waals surface area contributed by atoms with Gasteiger partial charge in [0.25, 0.3) is 5.91 Å². The number of hydrogen-bond acceptors (Lipinski definition) is 6. The normalized spacial score (nSPS) is 12.7. The third kappa shape index (κ3) is 7.58. The van der Waals surface area contributed by atoms with E-state index < -0.39 is 42.2 Å². The molecule has 0 saturated carbocycles. The van der Waals surface area contributed by atoms with Gasteiger partial charge in [-0.2, -0.15) is 0 Å². The SMILES string of the molecule is C=CCN(C(=O)C(CO)NC(=O)OC(C)(C)C)C(C(=O)Nc1c(C)cccc1C)c1cccc(O)c1. The first-order valence-corrected chi connectivity index (χ1v) is 11.6. The molecular formula is C27H35N3O6. The predicted octanol–water partition coefficient (Wildman–Crippen LogP) is 3.59. The van der Waals surface area contributed by atoms with E-state index in [0.29, 0.717) is 11.3 Å². The van der Waals surface area contributed by atoms with Crippen LogP contribution in [0.25, 0.3) is 0 Å². The number of aryl methyl sites for hydroxylation is 2. The summed E-state index contributed by atoms with van der Waals surface area (Å²) in [6, 6.07) is 8.97. The van der Waals surface area contributed by atoms with Gasteiger partial charge in [-0.3, -0.25) is 9.59 Å². The molecule has 0 bridgehead atoms. The zero-order valence-corrected chi connectivity index (χ0v) is 21.4. The number of phenolic OH excluding ortho intramolecular Hbond substituents is 1. The van der Waals surface area contributed by atoms with Gasteiger partial charge in [-0.05, 0) is 63.4 Å². The Morgan fingerprint density at radius 3 is 2.25 bits per heavy atom. The highest BCUT2D eigenvalue weighted by atomic mass is 16.6. The van der Waals surface area contributed by atoms with E-state index in [4.69, 9.17) is 4.74 Å². The van der Waals surface area contributed by atoms with Crippen molar-refractivity contribution in [2.75, 3.05) is 18.5 Å². The summed E-state index contributed by atoms with van der Waals surface area (Å²) in [4.78, 5) is 40.7. The van der Waals surface area contributed by atoms with Crippen LogP contribution in [-0.2, 0) is 14.3 Å². The molecule has 0 aliphatic rings. The number of carbonyl (C=O) groups excluding carboxylic acids is 3. The summed E-state index contributed by atoms with van der Waals surface area (Å²) in [6.45, 7) is 11.6. The number of nitrogens with one attached hydrogen (secondary N) is 2. The van der Waals surface area contributed by atoms with Crippen molar-refractivity contribution in [2.45, 2.75) is 52.3 Å². The molecule has 9 heteroatoms. The molecule has 0 aromatic heterocycles. The Labute approximate surface area is 211 Å². The van der Waals surface area contributed by atoms with Gasteiger partial charge in [-0.15, -0.1) is 6.58 Å². The average Bonchev–Trinajstić information content (AvgIpc) is 2.78. The van der Waals surface area contributed by atoms with Gasteiger partial charge in [0.2, 0.25) is 5.91 Å². The number of para-hydroxylation sites is 1. The minimum absolute atomic E-state index is 0.0776. The molecule has 2 unspecified atom stereocenters. The molecule has 4 N–H and O–H groups in total. The number of benzene rings is 2. The molecule has 0 saturated heterocycles. The number of aliphatic hydroxyl groups is 1. The number of aliphatic hydroxyl groups excluding tert-OH is 1. The minimum Gasteiger partial charge on any atom is -0.508 e. The summed E-state index contributed by atoms with van der Waals surface area (Å²) in [5, 5.41) is 25.3. The molecule has 0 fully saturated rings. The van der Waals surface area contributed by atoms with Gasteiger partial charge in [-0.1, -0.05) is 36.4 Å². The molecule has 2 atom stereocenters. The summed E-state index contributed by atoms with van der Waals surface area (Å²) >= 11 is 0. The lowest BCUT2D eigenvalue weighted by Crippen LogP contribution is -2.53. The molecule has 36 heavy (non-hydrogen) atoms. The van der Waals surface area contributed by atoms with Gasteiger partial charge in [-0.25, -0.2) is 4.79 Å². The van der Waals surface area contributed by atoms with E-state index in [-0.39, 0.29) is 12.3 Å². The topological polar surface area (TPSA) is 128 Å². The van der Waals surface area contributed by atoms with E-state index in [0.717, 1.165) is 11.1 Å². The quantitative estimate of drug-likeness (QED) is 0.392. The van der Waals surface area contributed by atoms with Crippen LogP contribution in [0.4, 0.5) is 10.5 Å². The van der Waals surface area contributed by atoms with E-state index in [1.165, 1.54) is 23.1 Å². The van der Waals surface area contributed by atoms with Gasteiger partial charge in [0, 0.05) is 12.2 Å². The van der Waals surface area contributed by atoms with Crippen LogP contribution >= 0.6 is 0 Å². The molecule has 0 spiro atoms. The highest BCUT2D eigenvalue weighted by Crippen LogP contribution is 2.28. The highest BCUT2D eigenvalue weighted by molar-refractivity contribution is 6.00. The number of ether oxygens (including phenoxy) is 1. The van der Waals surface area contributed by atoms with Gasteiger partial charge in [0.05, 0.1) is 6.61 Å². The fraction of sp³-hybridized carbons (Fsp3) is 0.370. The van der Waals surface area contributed by atoms with Crippen LogP contribution in [0.15, 0.2) is 55.1 Å². The first-order chi connectivity index (χ1) is 16.9. The number of carbonyl (C=O) groups is 3. The van der Waals surface area contributed by atoms with Crippen molar-refractivity contribution < 1.29 is 29.3 Å². The van der Waals surface area contributed by atoms with Crippen LogP contribution in [-0.4, -0.2) is 57.8 Å². The van der Waals surface area contributed by atoms with Crippen molar-refractivity contribution in [3.63, 3.8) is 0 Å². The summed E-state index contributed by atoms with van der Waals surface area (Å²) in [6.07, 6.45) is 0.546. The Morgan fingerprint density at radius 2 is 1.72 bits per heavy atom. The largest absolute Gasteiger partial charge is 0.508 e. The number of hydrogen-bond donors (Lipinski definition) is 4. The third-order valence-corrected chi connectivity index (χ3v) is 5.26. The lowest BCUT2D eigenvalue weighted by molar-refractivity contribution is -0.140. The molecular weight excluding hydrogens is 462 g/mol. The maximum atomic E-state index is 13.7. The predicted molar refractivity (Wildman–Crippen MR) is 138 cm³/mol. The summed E-state index contributed by atoms with van der Waals surface area (Å²) < 4.78 is 5.21. The maximum absolute atomic E-state index is 13.7. The van der Waals surface area contributed by atoms with Crippen molar-refractivity contribution >= 4 is 23.6 Å². The molecule has 0 aliphatic carbocycles. The van der Waals surface area contributed by atoms with E-state index >= 15 is 0 Å². The van der Waals surface area contributed by atoms with E-state index in [1.54, 1.807) is 32.9 Å². The molecule has 194 valence electrons. The fourth-order valence-corrected chi connectivity index (χ4v) is 3.67. The third-order valence-electron chi connectivity index (χ3n) is 5.26. The lowest BCUT2D eigenvalue weighted by Gasteiger charge is -2.33. The Balaban J connectivity index is 2.49. The highest BCUT2D eigenvalue weighted by Gasteiger charge is 2.36. The first-order valence-electron chi connectivity index (χ1n) is 11.6. The second-order valence-corrected chi connectivity index (χ2v) is 9.41. The number of alkyl carbamates (subject to hydrolysis) is 1. The van der Waals surface area contributed by atoms with E-state index in [1.807, 2.05) is 32.0 Å². The van der Waals surface area contributed by atoms with Crippen molar-refractivity contribution in [1.29, 1.82) is 0 Å². The molecule has 0 radical (unpaired) electrons. The number of rotatable bonds is 9.